The van der Waals surface area contributed by atoms with Gasteiger partial charge in [0.25, 0.3) is 0 Å². The number of rotatable bonds is 0. The fourth-order valence-corrected chi connectivity index (χ4v) is 0. The second-order valence-corrected chi connectivity index (χ2v) is 1.34. The van der Waals surface area contributed by atoms with Gasteiger partial charge in [-0.15, -0.1) is 0 Å². The zero-order valence-corrected chi connectivity index (χ0v) is 5.59. The van der Waals surface area contributed by atoms with E-state index in [2.05, 4.69) is 0 Å². The largest absolute Gasteiger partial charge is 2.00 e. The quantitative estimate of drug-likeness (QED) is 0.323. The molecule has 0 rings (SSSR count). The van der Waals surface area contributed by atoms with Crippen LogP contribution in [0, 0.1) is 0 Å². The summed E-state index contributed by atoms with van der Waals surface area (Å²) >= 11 is 0. The SMILES string of the molecule is O=P([O-])([O-])[O-].[Co+2].[Cu+2]. The minimum Gasteiger partial charge on any atom is -0.822 e. The predicted octanol–water partition coefficient (Wildman–Crippen LogP) is -2.83. The van der Waals surface area contributed by atoms with Crippen LogP contribution in [0.1, 0.15) is 0 Å². The summed E-state index contributed by atoms with van der Waals surface area (Å²) in [5.74, 6) is 0. The van der Waals surface area contributed by atoms with E-state index in [1.165, 1.54) is 0 Å². The first-order chi connectivity index (χ1) is 2.00. The average Bonchev–Trinajstić information content (AvgIpc) is 0.722. The molecular weight excluding hydrogens is 217 g/mol. The molecule has 7 heavy (non-hydrogen) atoms. The van der Waals surface area contributed by atoms with Crippen molar-refractivity contribution >= 4 is 7.82 Å². The van der Waals surface area contributed by atoms with E-state index in [0.717, 1.165) is 0 Å². The first-order valence-electron chi connectivity index (χ1n) is 0.730. The fourth-order valence-electron chi connectivity index (χ4n) is 0. The summed E-state index contributed by atoms with van der Waals surface area (Å²) in [6, 6.07) is 0. The number of hydrogen-bond acceptors (Lipinski definition) is 4. The van der Waals surface area contributed by atoms with Crippen molar-refractivity contribution < 1.29 is 53.1 Å². The zero-order chi connectivity index (χ0) is 4.50. The van der Waals surface area contributed by atoms with Gasteiger partial charge in [-0.05, 0) is 0 Å². The molecule has 0 aromatic heterocycles. The van der Waals surface area contributed by atoms with Gasteiger partial charge in [0.1, 0.15) is 0 Å². The van der Waals surface area contributed by atoms with Gasteiger partial charge in [-0.3, -0.25) is 0 Å². The van der Waals surface area contributed by atoms with E-state index in [1.807, 2.05) is 0 Å². The van der Waals surface area contributed by atoms with E-state index < -0.39 is 7.82 Å². The molecule has 48 valence electrons. The molecule has 7 heteroatoms. The summed E-state index contributed by atoms with van der Waals surface area (Å²) in [5, 5.41) is 0. The molecule has 2 radical (unpaired) electrons. The van der Waals surface area contributed by atoms with Crippen molar-refractivity contribution in [3.05, 3.63) is 0 Å². The average molecular weight is 217 g/mol. The Morgan fingerprint density at radius 2 is 1.14 bits per heavy atom. The standard InChI is InChI=1S/Co.Cu.H3O4P/c;;1-5(2,3)4/h;;(H3,1,2,3,4)/q2*+2;/p-3. The Kier molecular flexibility index (Phi) is 11.8. The predicted molar refractivity (Wildman–Crippen MR) is 7.61 cm³/mol. The van der Waals surface area contributed by atoms with E-state index in [-0.39, 0.29) is 33.8 Å². The van der Waals surface area contributed by atoms with Crippen LogP contribution in [0.3, 0.4) is 0 Å². The maximum absolute atomic E-state index is 8.55. The molecule has 0 unspecified atom stereocenters. The van der Waals surface area contributed by atoms with Crippen molar-refractivity contribution in [2.45, 2.75) is 0 Å². The van der Waals surface area contributed by atoms with E-state index in [0.29, 0.717) is 0 Å². The Morgan fingerprint density at radius 3 is 1.14 bits per heavy atom. The maximum Gasteiger partial charge on any atom is 2.00 e. The van der Waals surface area contributed by atoms with Crippen LogP contribution in [0.25, 0.3) is 0 Å². The van der Waals surface area contributed by atoms with Gasteiger partial charge in [0.05, 0.1) is 0 Å². The summed E-state index contributed by atoms with van der Waals surface area (Å²) in [4.78, 5) is 25.6. The van der Waals surface area contributed by atoms with Crippen molar-refractivity contribution in [1.29, 1.82) is 0 Å². The Morgan fingerprint density at radius 1 is 1.14 bits per heavy atom. The Bertz CT molecular complexity index is 57.8. The van der Waals surface area contributed by atoms with Crippen molar-refractivity contribution in [3.8, 4) is 0 Å². The van der Waals surface area contributed by atoms with Crippen LogP contribution in [0.15, 0.2) is 0 Å². The molecular formula is CoCuO4P+. The van der Waals surface area contributed by atoms with Crippen LogP contribution >= 0.6 is 7.82 Å². The van der Waals surface area contributed by atoms with E-state index in [4.69, 9.17) is 19.2 Å². The van der Waals surface area contributed by atoms with Gasteiger partial charge in [0.2, 0.25) is 0 Å². The van der Waals surface area contributed by atoms with Gasteiger partial charge >= 0.3 is 33.8 Å². The van der Waals surface area contributed by atoms with Gasteiger partial charge in [0, 0.05) is 0 Å². The second-order valence-electron chi connectivity index (χ2n) is 0.447. The third-order valence-corrected chi connectivity index (χ3v) is 0. The summed E-state index contributed by atoms with van der Waals surface area (Å²) in [7, 11) is -5.39. The van der Waals surface area contributed by atoms with Crippen LogP contribution in [0.5, 0.6) is 0 Å². The molecule has 0 amide bonds. The summed E-state index contributed by atoms with van der Waals surface area (Å²) in [6.07, 6.45) is 0. The molecule has 0 aromatic carbocycles. The van der Waals surface area contributed by atoms with Gasteiger partial charge in [-0.25, -0.2) is 0 Å². The van der Waals surface area contributed by atoms with Crippen molar-refractivity contribution in [3.63, 3.8) is 0 Å². The molecule has 0 aliphatic heterocycles. The van der Waals surface area contributed by atoms with Crippen LogP contribution in [0.4, 0.5) is 0 Å². The molecule has 0 aliphatic carbocycles. The molecule has 0 bridgehead atoms. The van der Waals surface area contributed by atoms with Crippen molar-refractivity contribution in [1.82, 2.24) is 0 Å². The third kappa shape index (κ3) is 146. The Hall–Kier alpha value is 1.14. The molecule has 0 aromatic rings. The normalized spacial score (nSPS) is 8.43. The molecule has 0 fully saturated rings. The molecule has 4 nitrogen and oxygen atoms in total. The molecule has 0 N–H and O–H groups in total. The van der Waals surface area contributed by atoms with Crippen LogP contribution in [-0.4, -0.2) is 0 Å². The fraction of sp³-hybridized carbons (Fsp3) is 0. The topological polar surface area (TPSA) is 86.2 Å². The number of phosphoric acid groups is 1. The summed E-state index contributed by atoms with van der Waals surface area (Å²) < 4.78 is 8.55. The minimum atomic E-state index is -5.39. The van der Waals surface area contributed by atoms with Gasteiger partial charge in [-0.2, -0.15) is 7.82 Å². The van der Waals surface area contributed by atoms with E-state index >= 15 is 0 Å². The zero-order valence-electron chi connectivity index (χ0n) is 2.72. The first kappa shape index (κ1) is 15.7. The van der Waals surface area contributed by atoms with Gasteiger partial charge < -0.3 is 19.2 Å². The van der Waals surface area contributed by atoms with Crippen molar-refractivity contribution in [2.75, 3.05) is 0 Å². The Labute approximate surface area is 61.2 Å². The van der Waals surface area contributed by atoms with Crippen LogP contribution in [-0.2, 0) is 38.4 Å². The van der Waals surface area contributed by atoms with Crippen LogP contribution in [0.2, 0.25) is 0 Å². The molecule has 0 spiro atoms. The van der Waals surface area contributed by atoms with E-state index in [9.17, 15) is 0 Å². The number of hydrogen-bond donors (Lipinski definition) is 0. The monoisotopic (exact) mass is 217 g/mol. The molecule has 0 saturated carbocycles. The Balaban J connectivity index is -0.0000000800. The van der Waals surface area contributed by atoms with Crippen molar-refractivity contribution in [2.24, 2.45) is 0 Å². The van der Waals surface area contributed by atoms with Crippen LogP contribution < -0.4 is 14.7 Å². The molecule has 0 saturated heterocycles. The third-order valence-electron chi connectivity index (χ3n) is 0. The maximum atomic E-state index is 8.55. The summed E-state index contributed by atoms with van der Waals surface area (Å²) in [6.45, 7) is 0. The second kappa shape index (κ2) is 5.28. The molecule has 0 atom stereocenters. The smallest absolute Gasteiger partial charge is 0.822 e. The molecule has 0 aliphatic rings. The van der Waals surface area contributed by atoms with Gasteiger partial charge in [0.15, 0.2) is 0 Å². The van der Waals surface area contributed by atoms with Gasteiger partial charge in [-0.1, -0.05) is 0 Å². The molecule has 0 heterocycles. The minimum absolute atomic E-state index is 0. The first-order valence-corrected chi connectivity index (χ1v) is 2.19. The van der Waals surface area contributed by atoms with E-state index in [1.54, 1.807) is 0 Å². The summed E-state index contributed by atoms with van der Waals surface area (Å²) in [5.41, 5.74) is 0.